The summed E-state index contributed by atoms with van der Waals surface area (Å²) >= 11 is 7.80. The molecule has 1 N–H and O–H groups in total. The summed E-state index contributed by atoms with van der Waals surface area (Å²) in [5, 5.41) is 3.68. The Labute approximate surface area is 130 Å². The van der Waals surface area contributed by atoms with E-state index in [2.05, 4.69) is 11.6 Å². The number of nitrogens with one attached hydrogen (secondary N) is 1. The average Bonchev–Trinajstić information content (AvgIpc) is 2.45. The highest BCUT2D eigenvalue weighted by Crippen LogP contribution is 2.19. The fourth-order valence-corrected chi connectivity index (χ4v) is 3.51. The number of piperidine rings is 1. The van der Waals surface area contributed by atoms with Gasteiger partial charge in [-0.25, -0.2) is 4.79 Å². The molecule has 1 saturated heterocycles. The molecule has 2 amide bonds. The number of hydrogen-bond acceptors (Lipinski definition) is 2. The molecule has 1 aromatic rings. The highest BCUT2D eigenvalue weighted by Gasteiger charge is 2.22. The van der Waals surface area contributed by atoms with Gasteiger partial charge in [-0.3, -0.25) is 0 Å². The van der Waals surface area contributed by atoms with E-state index in [1.807, 2.05) is 40.9 Å². The van der Waals surface area contributed by atoms with Crippen LogP contribution in [0.25, 0.3) is 0 Å². The van der Waals surface area contributed by atoms with Crippen LogP contribution < -0.4 is 5.32 Å². The summed E-state index contributed by atoms with van der Waals surface area (Å²) in [6.45, 7) is 2.28. The monoisotopic (exact) mass is 312 g/mol. The quantitative estimate of drug-likeness (QED) is 0.921. The highest BCUT2D eigenvalue weighted by atomic mass is 35.5. The number of carbonyl (C=O) groups is 1. The van der Waals surface area contributed by atoms with E-state index < -0.39 is 0 Å². The Kier molecular flexibility index (Phi) is 6.05. The topological polar surface area (TPSA) is 32.3 Å². The van der Waals surface area contributed by atoms with Crippen molar-refractivity contribution in [1.82, 2.24) is 10.2 Å². The molecule has 110 valence electrons. The van der Waals surface area contributed by atoms with Gasteiger partial charge in [0.15, 0.2) is 0 Å². The van der Waals surface area contributed by atoms with Gasteiger partial charge in [-0.2, -0.15) is 11.8 Å². The molecule has 0 bridgehead atoms. The molecular formula is C15H21ClN2OS. The number of nitrogens with zero attached hydrogens (tertiary/aromatic N) is 1. The Morgan fingerprint density at radius 1 is 1.55 bits per heavy atom. The van der Waals surface area contributed by atoms with Crippen LogP contribution in [-0.4, -0.2) is 36.0 Å². The summed E-state index contributed by atoms with van der Waals surface area (Å²) in [4.78, 5) is 14.1. The first kappa shape index (κ1) is 15.5. The molecule has 5 heteroatoms. The third-order valence-electron chi connectivity index (χ3n) is 3.54. The molecule has 1 atom stereocenters. The predicted molar refractivity (Wildman–Crippen MR) is 86.4 cm³/mol. The smallest absolute Gasteiger partial charge is 0.317 e. The molecule has 1 aliphatic rings. The van der Waals surface area contributed by atoms with E-state index in [0.717, 1.165) is 30.8 Å². The summed E-state index contributed by atoms with van der Waals surface area (Å²) in [7, 11) is 0. The first-order valence-electron chi connectivity index (χ1n) is 6.95. The maximum Gasteiger partial charge on any atom is 0.317 e. The van der Waals surface area contributed by atoms with Crippen molar-refractivity contribution in [3.05, 3.63) is 34.9 Å². The molecule has 1 heterocycles. The van der Waals surface area contributed by atoms with Crippen LogP contribution in [0.15, 0.2) is 24.3 Å². The van der Waals surface area contributed by atoms with E-state index in [1.54, 1.807) is 0 Å². The number of likely N-dealkylation sites (tertiary alicyclic amines) is 1. The Balaban J connectivity index is 1.82. The van der Waals surface area contributed by atoms with E-state index in [1.165, 1.54) is 6.42 Å². The van der Waals surface area contributed by atoms with Gasteiger partial charge in [0.2, 0.25) is 0 Å². The summed E-state index contributed by atoms with van der Waals surface area (Å²) < 4.78 is 0. The third kappa shape index (κ3) is 4.60. The van der Waals surface area contributed by atoms with Gasteiger partial charge in [-0.1, -0.05) is 23.7 Å². The van der Waals surface area contributed by atoms with Crippen molar-refractivity contribution in [1.29, 1.82) is 0 Å². The minimum absolute atomic E-state index is 0.0378. The first-order chi connectivity index (χ1) is 9.69. The summed E-state index contributed by atoms with van der Waals surface area (Å²) in [6.07, 6.45) is 4.47. The van der Waals surface area contributed by atoms with Gasteiger partial charge in [0.1, 0.15) is 0 Å². The highest BCUT2D eigenvalue weighted by molar-refractivity contribution is 7.98. The number of hydrogen-bond donors (Lipinski definition) is 1. The number of halogens is 1. The summed E-state index contributed by atoms with van der Waals surface area (Å²) in [5.41, 5.74) is 1.03. The lowest BCUT2D eigenvalue weighted by Gasteiger charge is -2.32. The van der Waals surface area contributed by atoms with E-state index in [4.69, 9.17) is 11.6 Å². The van der Waals surface area contributed by atoms with Crippen molar-refractivity contribution < 1.29 is 4.79 Å². The normalized spacial score (nSPS) is 18.9. The molecule has 2 rings (SSSR count). The van der Waals surface area contributed by atoms with Crippen molar-refractivity contribution in [2.75, 3.05) is 25.1 Å². The lowest BCUT2D eigenvalue weighted by atomic mass is 10.0. The number of urea groups is 1. The van der Waals surface area contributed by atoms with Crippen LogP contribution >= 0.6 is 23.4 Å². The zero-order valence-electron chi connectivity index (χ0n) is 11.8. The van der Waals surface area contributed by atoms with E-state index in [9.17, 15) is 4.79 Å². The molecule has 20 heavy (non-hydrogen) atoms. The van der Waals surface area contributed by atoms with Gasteiger partial charge >= 0.3 is 6.03 Å². The van der Waals surface area contributed by atoms with E-state index >= 15 is 0 Å². The van der Waals surface area contributed by atoms with Gasteiger partial charge in [-0.15, -0.1) is 0 Å². The Hall–Kier alpha value is -0.870. The number of carbonyl (C=O) groups excluding carboxylic acids is 1. The molecule has 0 spiro atoms. The van der Waals surface area contributed by atoms with Crippen molar-refractivity contribution in [2.24, 2.45) is 5.92 Å². The molecular weight excluding hydrogens is 292 g/mol. The lowest BCUT2D eigenvalue weighted by Crippen LogP contribution is -2.45. The zero-order valence-corrected chi connectivity index (χ0v) is 13.3. The van der Waals surface area contributed by atoms with Gasteiger partial charge in [0, 0.05) is 24.7 Å². The van der Waals surface area contributed by atoms with Gasteiger partial charge in [-0.05, 0) is 48.5 Å². The minimum Gasteiger partial charge on any atom is -0.334 e. The van der Waals surface area contributed by atoms with Crippen molar-refractivity contribution in [2.45, 2.75) is 19.4 Å². The lowest BCUT2D eigenvalue weighted by molar-refractivity contribution is 0.170. The van der Waals surface area contributed by atoms with Crippen LogP contribution in [0.1, 0.15) is 18.4 Å². The number of benzene rings is 1. The maximum atomic E-state index is 12.2. The SMILES string of the molecule is CSC[C@@H]1CCCN(C(=O)NCc2cccc(Cl)c2)C1. The van der Waals surface area contributed by atoms with Crippen LogP contribution in [0.3, 0.4) is 0 Å². The molecule has 3 nitrogen and oxygen atoms in total. The van der Waals surface area contributed by atoms with Gasteiger partial charge in [0.25, 0.3) is 0 Å². The molecule has 0 aromatic heterocycles. The van der Waals surface area contributed by atoms with E-state index in [-0.39, 0.29) is 6.03 Å². The van der Waals surface area contributed by atoms with E-state index in [0.29, 0.717) is 17.5 Å². The van der Waals surface area contributed by atoms with Crippen molar-refractivity contribution in [3.63, 3.8) is 0 Å². The summed E-state index contributed by atoms with van der Waals surface area (Å²) in [6, 6.07) is 7.63. The molecule has 1 aromatic carbocycles. The van der Waals surface area contributed by atoms with Crippen molar-refractivity contribution >= 4 is 29.4 Å². The third-order valence-corrected chi connectivity index (χ3v) is 4.58. The Morgan fingerprint density at radius 2 is 2.40 bits per heavy atom. The largest absolute Gasteiger partial charge is 0.334 e. The standard InChI is InChI=1S/C15H21ClN2OS/c1-20-11-13-5-3-7-18(10-13)15(19)17-9-12-4-2-6-14(16)8-12/h2,4,6,8,13H,3,5,7,9-11H2,1H3,(H,17,19)/t13-/m1/s1. The fourth-order valence-electron chi connectivity index (χ4n) is 2.56. The van der Waals surface area contributed by atoms with Gasteiger partial charge < -0.3 is 10.2 Å². The molecule has 0 saturated carbocycles. The molecule has 1 aliphatic heterocycles. The Morgan fingerprint density at radius 3 is 3.15 bits per heavy atom. The fraction of sp³-hybridized carbons (Fsp3) is 0.533. The second-order valence-corrected chi connectivity index (χ2v) is 6.55. The van der Waals surface area contributed by atoms with Crippen LogP contribution in [-0.2, 0) is 6.54 Å². The number of thioether (sulfide) groups is 1. The van der Waals surface area contributed by atoms with Crippen LogP contribution in [0.5, 0.6) is 0 Å². The molecule has 0 unspecified atom stereocenters. The first-order valence-corrected chi connectivity index (χ1v) is 8.72. The van der Waals surface area contributed by atoms with Crippen molar-refractivity contribution in [3.8, 4) is 0 Å². The van der Waals surface area contributed by atoms with Crippen LogP contribution in [0, 0.1) is 5.92 Å². The number of amides is 2. The predicted octanol–water partition coefficient (Wildman–Crippen LogP) is 3.62. The maximum absolute atomic E-state index is 12.2. The van der Waals surface area contributed by atoms with Crippen LogP contribution in [0.2, 0.25) is 5.02 Å². The molecule has 0 aliphatic carbocycles. The minimum atomic E-state index is 0.0378. The van der Waals surface area contributed by atoms with Crippen LogP contribution in [0.4, 0.5) is 4.79 Å². The average molecular weight is 313 g/mol. The molecule has 1 fully saturated rings. The zero-order chi connectivity index (χ0) is 14.4. The number of rotatable bonds is 4. The molecule has 0 radical (unpaired) electrons. The van der Waals surface area contributed by atoms with Gasteiger partial charge in [0.05, 0.1) is 0 Å². The second kappa shape index (κ2) is 7.79. The second-order valence-electron chi connectivity index (χ2n) is 5.20. The summed E-state index contributed by atoms with van der Waals surface area (Å²) in [5.74, 6) is 1.77. The Bertz CT molecular complexity index is 453.